The number of aryl methyl sites for hydroxylation is 1. The number of carbonyl (C=O) groups is 1. The minimum absolute atomic E-state index is 0.00544. The molecule has 0 aliphatic carbocycles. The topological polar surface area (TPSA) is 17.1 Å². The Labute approximate surface area is 119 Å². The molecule has 0 saturated carbocycles. The highest BCUT2D eigenvalue weighted by molar-refractivity contribution is 7.17. The molecule has 20 heavy (non-hydrogen) atoms. The predicted octanol–water partition coefficient (Wildman–Crippen LogP) is 5.34. The highest BCUT2D eigenvalue weighted by Crippen LogP contribution is 2.36. The number of alkyl halides is 3. The molecule has 106 valence electrons. The van der Waals surface area contributed by atoms with Crippen molar-refractivity contribution in [1.82, 2.24) is 0 Å². The summed E-state index contributed by atoms with van der Waals surface area (Å²) in [5.74, 6) is 0.00544. The molecule has 1 aromatic heterocycles. The van der Waals surface area contributed by atoms with Crippen molar-refractivity contribution in [2.75, 3.05) is 0 Å². The summed E-state index contributed by atoms with van der Waals surface area (Å²) in [6.07, 6.45) is -3.97. The fourth-order valence-electron chi connectivity index (χ4n) is 1.87. The van der Waals surface area contributed by atoms with Crippen molar-refractivity contribution in [1.29, 1.82) is 0 Å². The minimum Gasteiger partial charge on any atom is -0.293 e. The third kappa shape index (κ3) is 2.93. The molecule has 1 aromatic carbocycles. The van der Waals surface area contributed by atoms with Gasteiger partial charge in [-0.05, 0) is 42.3 Å². The van der Waals surface area contributed by atoms with Gasteiger partial charge in [0.1, 0.15) is 0 Å². The maximum absolute atomic E-state index is 12.8. The number of benzene rings is 1. The fraction of sp³-hybridized carbons (Fsp3) is 0.267. The number of rotatable bonds is 3. The molecule has 0 N–H and O–H groups in total. The molecule has 1 nitrogen and oxygen atoms in total. The van der Waals surface area contributed by atoms with Crippen molar-refractivity contribution in [3.8, 4) is 10.4 Å². The second-order valence-corrected chi connectivity index (χ2v) is 5.55. The van der Waals surface area contributed by atoms with Crippen LogP contribution in [0, 0.1) is 6.92 Å². The first kappa shape index (κ1) is 14.8. The van der Waals surface area contributed by atoms with E-state index in [1.54, 1.807) is 26.0 Å². The van der Waals surface area contributed by atoms with Crippen LogP contribution in [0.15, 0.2) is 30.3 Å². The van der Waals surface area contributed by atoms with Gasteiger partial charge in [-0.15, -0.1) is 11.3 Å². The van der Waals surface area contributed by atoms with Crippen LogP contribution in [0.5, 0.6) is 0 Å². The van der Waals surface area contributed by atoms with Gasteiger partial charge in [-0.1, -0.05) is 13.0 Å². The molecule has 0 unspecified atom stereocenters. The van der Waals surface area contributed by atoms with E-state index in [1.807, 2.05) is 0 Å². The van der Waals surface area contributed by atoms with Gasteiger partial charge in [0.2, 0.25) is 0 Å². The zero-order valence-electron chi connectivity index (χ0n) is 11.0. The quantitative estimate of drug-likeness (QED) is 0.699. The van der Waals surface area contributed by atoms with E-state index in [0.29, 0.717) is 21.7 Å². The van der Waals surface area contributed by atoms with Crippen LogP contribution in [0.25, 0.3) is 10.4 Å². The van der Waals surface area contributed by atoms with E-state index in [1.165, 1.54) is 17.4 Å². The smallest absolute Gasteiger partial charge is 0.293 e. The van der Waals surface area contributed by atoms with Crippen LogP contribution < -0.4 is 0 Å². The lowest BCUT2D eigenvalue weighted by molar-refractivity contribution is -0.137. The molecular weight excluding hydrogens is 285 g/mol. The van der Waals surface area contributed by atoms with E-state index in [-0.39, 0.29) is 5.78 Å². The first-order chi connectivity index (χ1) is 9.32. The molecule has 0 atom stereocenters. The van der Waals surface area contributed by atoms with Gasteiger partial charge >= 0.3 is 6.18 Å². The van der Waals surface area contributed by atoms with Crippen molar-refractivity contribution in [3.63, 3.8) is 0 Å². The molecule has 2 aromatic rings. The van der Waals surface area contributed by atoms with Crippen molar-refractivity contribution < 1.29 is 18.0 Å². The molecule has 0 bridgehead atoms. The van der Waals surface area contributed by atoms with E-state index < -0.39 is 11.7 Å². The Morgan fingerprint density at radius 3 is 2.50 bits per heavy atom. The van der Waals surface area contributed by atoms with E-state index in [0.717, 1.165) is 17.7 Å². The van der Waals surface area contributed by atoms with Crippen LogP contribution in [0.2, 0.25) is 0 Å². The number of Topliss-reactive ketones (excluding diaryl/α,β-unsaturated/α-hetero) is 1. The summed E-state index contributed by atoms with van der Waals surface area (Å²) in [5, 5.41) is 0. The molecule has 0 amide bonds. The van der Waals surface area contributed by atoms with Crippen molar-refractivity contribution in [3.05, 3.63) is 46.3 Å². The SMILES string of the molecule is CCC(=O)c1ccc(-c2cc(C(F)(F)F)ccc2C)s1. The standard InChI is InChI=1S/C15H13F3OS/c1-3-12(19)14-7-6-13(20-14)11-8-10(15(16,17)18)5-4-9(11)2/h4-8H,3H2,1-2H3. The molecule has 0 aliphatic rings. The summed E-state index contributed by atoms with van der Waals surface area (Å²) in [5.41, 5.74) is 0.616. The highest BCUT2D eigenvalue weighted by atomic mass is 32.1. The van der Waals surface area contributed by atoms with Crippen LogP contribution in [0.3, 0.4) is 0 Å². The van der Waals surface area contributed by atoms with Gasteiger partial charge in [0.25, 0.3) is 0 Å². The summed E-state index contributed by atoms with van der Waals surface area (Å²) in [4.78, 5) is 12.9. The summed E-state index contributed by atoms with van der Waals surface area (Å²) < 4.78 is 38.3. The Morgan fingerprint density at radius 1 is 1.20 bits per heavy atom. The van der Waals surface area contributed by atoms with Crippen LogP contribution in [0.1, 0.15) is 34.1 Å². The van der Waals surface area contributed by atoms with Crippen LogP contribution in [-0.2, 0) is 6.18 Å². The van der Waals surface area contributed by atoms with Gasteiger partial charge < -0.3 is 0 Å². The number of ketones is 1. The monoisotopic (exact) mass is 298 g/mol. The predicted molar refractivity (Wildman–Crippen MR) is 74.1 cm³/mol. The Kier molecular flexibility index (Phi) is 3.99. The average Bonchev–Trinajstić information content (AvgIpc) is 2.86. The van der Waals surface area contributed by atoms with E-state index in [9.17, 15) is 18.0 Å². The molecule has 0 spiro atoms. The highest BCUT2D eigenvalue weighted by Gasteiger charge is 2.31. The Balaban J connectivity index is 2.47. The number of thiophene rings is 1. The average molecular weight is 298 g/mol. The molecular formula is C15H13F3OS. The largest absolute Gasteiger partial charge is 0.416 e. The van der Waals surface area contributed by atoms with Crippen molar-refractivity contribution in [2.45, 2.75) is 26.4 Å². The maximum atomic E-state index is 12.8. The second-order valence-electron chi connectivity index (χ2n) is 4.47. The fourth-order valence-corrected chi connectivity index (χ4v) is 2.97. The number of carbonyl (C=O) groups excluding carboxylic acids is 1. The normalized spacial score (nSPS) is 11.7. The van der Waals surface area contributed by atoms with Crippen molar-refractivity contribution in [2.24, 2.45) is 0 Å². The molecule has 1 heterocycles. The maximum Gasteiger partial charge on any atom is 0.416 e. The number of hydrogen-bond donors (Lipinski definition) is 0. The Hall–Kier alpha value is -1.62. The molecule has 0 fully saturated rings. The number of halogens is 3. The third-order valence-corrected chi connectivity index (χ3v) is 4.19. The van der Waals surface area contributed by atoms with Gasteiger partial charge in [-0.2, -0.15) is 13.2 Å². The summed E-state index contributed by atoms with van der Waals surface area (Å²) in [7, 11) is 0. The van der Waals surface area contributed by atoms with E-state index in [4.69, 9.17) is 0 Å². The molecule has 2 rings (SSSR count). The number of hydrogen-bond acceptors (Lipinski definition) is 2. The van der Waals surface area contributed by atoms with E-state index >= 15 is 0 Å². The molecule has 0 saturated heterocycles. The zero-order valence-corrected chi connectivity index (χ0v) is 11.9. The third-order valence-electron chi connectivity index (χ3n) is 3.03. The Morgan fingerprint density at radius 2 is 1.90 bits per heavy atom. The summed E-state index contributed by atoms with van der Waals surface area (Å²) >= 11 is 1.24. The lowest BCUT2D eigenvalue weighted by Gasteiger charge is -2.10. The molecule has 5 heteroatoms. The van der Waals surface area contributed by atoms with Gasteiger partial charge in [0, 0.05) is 11.3 Å². The van der Waals surface area contributed by atoms with Gasteiger partial charge in [-0.3, -0.25) is 4.79 Å². The zero-order chi connectivity index (χ0) is 14.9. The lowest BCUT2D eigenvalue weighted by atomic mass is 10.0. The molecule has 0 radical (unpaired) electrons. The van der Waals surface area contributed by atoms with Crippen LogP contribution in [0.4, 0.5) is 13.2 Å². The van der Waals surface area contributed by atoms with Crippen molar-refractivity contribution >= 4 is 17.1 Å². The first-order valence-electron chi connectivity index (χ1n) is 6.14. The Bertz CT molecular complexity index is 641. The van der Waals surface area contributed by atoms with Gasteiger partial charge in [0.15, 0.2) is 5.78 Å². The summed E-state index contributed by atoms with van der Waals surface area (Å²) in [6.45, 7) is 3.52. The van der Waals surface area contributed by atoms with E-state index in [2.05, 4.69) is 0 Å². The van der Waals surface area contributed by atoms with Crippen LogP contribution >= 0.6 is 11.3 Å². The van der Waals surface area contributed by atoms with Gasteiger partial charge in [-0.25, -0.2) is 0 Å². The van der Waals surface area contributed by atoms with Gasteiger partial charge in [0.05, 0.1) is 10.4 Å². The lowest BCUT2D eigenvalue weighted by Crippen LogP contribution is -2.05. The first-order valence-corrected chi connectivity index (χ1v) is 6.96. The molecule has 0 aliphatic heterocycles. The minimum atomic E-state index is -4.36. The summed E-state index contributed by atoms with van der Waals surface area (Å²) in [6, 6.07) is 7.05. The second kappa shape index (κ2) is 5.40. The van der Waals surface area contributed by atoms with Crippen LogP contribution in [-0.4, -0.2) is 5.78 Å².